The van der Waals surface area contributed by atoms with Crippen molar-refractivity contribution in [3.63, 3.8) is 0 Å². The molecule has 0 heterocycles. The molecule has 0 bridgehead atoms. The molecule has 0 radical (unpaired) electrons. The minimum Gasteiger partial charge on any atom is -0.467 e. The quantitative estimate of drug-likeness (QED) is 0.365. The molecule has 7 nitrogen and oxygen atoms in total. The number of Topliss-reactive ketones (excluding diaryl/α,β-unsaturated/α-hetero) is 1. The minimum atomic E-state index is -0.893. The highest BCUT2D eigenvalue weighted by molar-refractivity contribution is 5.96. The van der Waals surface area contributed by atoms with E-state index < -0.39 is 17.9 Å². The fourth-order valence-electron chi connectivity index (χ4n) is 8.73. The van der Waals surface area contributed by atoms with Gasteiger partial charge in [-0.05, 0) is 98.5 Å². The topological polar surface area (TPSA) is 94.1 Å². The maximum Gasteiger partial charge on any atom is 0.333 e. The Labute approximate surface area is 231 Å². The van der Waals surface area contributed by atoms with Crippen molar-refractivity contribution in [2.45, 2.75) is 78.2 Å². The van der Waals surface area contributed by atoms with Gasteiger partial charge in [0.1, 0.15) is 5.78 Å². The van der Waals surface area contributed by atoms with E-state index in [4.69, 9.17) is 9.57 Å². The molecule has 3 fully saturated rings. The molecular formula is C32H42N2O5. The summed E-state index contributed by atoms with van der Waals surface area (Å²) in [6.07, 6.45) is 10.9. The van der Waals surface area contributed by atoms with E-state index in [-0.39, 0.29) is 23.4 Å². The van der Waals surface area contributed by atoms with Crippen molar-refractivity contribution >= 4 is 23.4 Å². The zero-order chi connectivity index (χ0) is 27.8. The second-order valence-electron chi connectivity index (χ2n) is 12.6. The summed E-state index contributed by atoms with van der Waals surface area (Å²) in [6.45, 7) is 6.36. The molecule has 210 valence electrons. The Morgan fingerprint density at radius 3 is 2.51 bits per heavy atom. The van der Waals surface area contributed by atoms with Crippen LogP contribution < -0.4 is 5.32 Å². The van der Waals surface area contributed by atoms with Crippen LogP contribution in [-0.2, 0) is 24.0 Å². The summed E-state index contributed by atoms with van der Waals surface area (Å²) in [7, 11) is 1.30. The average Bonchev–Trinajstić information content (AvgIpc) is 3.29. The molecular weight excluding hydrogens is 492 g/mol. The molecule has 0 saturated heterocycles. The second kappa shape index (κ2) is 10.9. The van der Waals surface area contributed by atoms with Gasteiger partial charge in [0.15, 0.2) is 12.6 Å². The monoisotopic (exact) mass is 534 g/mol. The number of amides is 1. The van der Waals surface area contributed by atoms with Crippen LogP contribution in [0.15, 0.2) is 47.1 Å². The van der Waals surface area contributed by atoms with Crippen molar-refractivity contribution in [2.75, 3.05) is 13.7 Å². The number of carbonyl (C=O) groups is 3. The number of ketones is 1. The van der Waals surface area contributed by atoms with Crippen LogP contribution in [-0.4, -0.2) is 37.1 Å². The van der Waals surface area contributed by atoms with E-state index in [1.807, 2.05) is 6.07 Å². The maximum absolute atomic E-state index is 12.6. The Bertz CT molecular complexity index is 1180. The zero-order valence-electron chi connectivity index (χ0n) is 23.7. The maximum atomic E-state index is 12.6. The first-order valence-electron chi connectivity index (χ1n) is 14.5. The standard InChI is InChI=1S/C32H42N2O5/c1-20(35)25-12-13-26-24-11-10-22-18-23(14-16-31(22,2)27(24)15-17-32(25,26)3)34-39-19-28(36)33-29(30(37)38-4)21-8-6-5-7-9-21/h5-9,18,24-27,29H,10-17,19H2,1-4H3,(H,33,36)/b34-23-/t24-,25+,26-,27-,29+,31-,32+/m0/s1. The average molecular weight is 535 g/mol. The summed E-state index contributed by atoms with van der Waals surface area (Å²) in [5, 5.41) is 7.00. The van der Waals surface area contributed by atoms with Crippen LogP contribution in [0, 0.1) is 34.5 Å². The van der Waals surface area contributed by atoms with Crippen LogP contribution in [0.25, 0.3) is 0 Å². The third-order valence-electron chi connectivity index (χ3n) is 10.7. The Hall–Kier alpha value is -2.96. The summed E-state index contributed by atoms with van der Waals surface area (Å²) >= 11 is 0. The predicted molar refractivity (Wildman–Crippen MR) is 149 cm³/mol. The summed E-state index contributed by atoms with van der Waals surface area (Å²) in [4.78, 5) is 42.6. The number of nitrogens with zero attached hydrogens (tertiary/aromatic N) is 1. The van der Waals surface area contributed by atoms with E-state index in [0.717, 1.165) is 37.8 Å². The lowest BCUT2D eigenvalue weighted by atomic mass is 9.46. The number of benzene rings is 1. The van der Waals surface area contributed by atoms with Crippen molar-refractivity contribution < 1.29 is 24.0 Å². The largest absolute Gasteiger partial charge is 0.467 e. The Morgan fingerprint density at radius 2 is 1.79 bits per heavy atom. The van der Waals surface area contributed by atoms with E-state index in [2.05, 4.69) is 30.4 Å². The first kappa shape index (κ1) is 27.6. The van der Waals surface area contributed by atoms with Crippen LogP contribution in [0.2, 0.25) is 0 Å². The number of hydrogen-bond acceptors (Lipinski definition) is 6. The lowest BCUT2D eigenvalue weighted by Gasteiger charge is -2.58. The normalized spacial score (nSPS) is 35.1. The summed E-state index contributed by atoms with van der Waals surface area (Å²) in [5.41, 5.74) is 3.32. The Balaban J connectivity index is 1.22. The van der Waals surface area contributed by atoms with E-state index in [0.29, 0.717) is 29.1 Å². The lowest BCUT2D eigenvalue weighted by Crippen LogP contribution is -2.51. The molecule has 1 N–H and O–H groups in total. The molecule has 1 amide bonds. The molecule has 7 atom stereocenters. The molecule has 7 heteroatoms. The van der Waals surface area contributed by atoms with Gasteiger partial charge in [-0.2, -0.15) is 0 Å². The molecule has 1 aromatic rings. The molecule has 0 aliphatic heterocycles. The van der Waals surface area contributed by atoms with Crippen molar-refractivity contribution in [1.29, 1.82) is 0 Å². The van der Waals surface area contributed by atoms with Crippen molar-refractivity contribution in [2.24, 2.45) is 39.7 Å². The zero-order valence-corrected chi connectivity index (χ0v) is 23.7. The fraction of sp³-hybridized carbons (Fsp3) is 0.625. The highest BCUT2D eigenvalue weighted by atomic mass is 16.6. The van der Waals surface area contributed by atoms with Gasteiger partial charge < -0.3 is 14.9 Å². The van der Waals surface area contributed by atoms with Crippen LogP contribution in [0.3, 0.4) is 0 Å². The van der Waals surface area contributed by atoms with Gasteiger partial charge in [-0.1, -0.05) is 54.9 Å². The molecule has 3 saturated carbocycles. The molecule has 0 spiro atoms. The summed E-state index contributed by atoms with van der Waals surface area (Å²) in [6, 6.07) is 8.10. The predicted octanol–water partition coefficient (Wildman–Crippen LogP) is 5.56. The highest BCUT2D eigenvalue weighted by Gasteiger charge is 2.59. The van der Waals surface area contributed by atoms with Gasteiger partial charge >= 0.3 is 5.97 Å². The van der Waals surface area contributed by atoms with Crippen LogP contribution >= 0.6 is 0 Å². The van der Waals surface area contributed by atoms with Gasteiger partial charge in [0, 0.05) is 5.92 Å². The minimum absolute atomic E-state index is 0.165. The first-order valence-corrected chi connectivity index (χ1v) is 14.5. The van der Waals surface area contributed by atoms with E-state index in [1.54, 1.807) is 31.2 Å². The number of allylic oxidation sites excluding steroid dienone is 2. The number of carbonyl (C=O) groups excluding carboxylic acids is 3. The molecule has 0 aromatic heterocycles. The Morgan fingerprint density at radius 1 is 1.03 bits per heavy atom. The molecule has 39 heavy (non-hydrogen) atoms. The molecule has 4 aliphatic carbocycles. The van der Waals surface area contributed by atoms with E-state index >= 15 is 0 Å². The van der Waals surface area contributed by atoms with Crippen LogP contribution in [0.5, 0.6) is 0 Å². The number of esters is 1. The SMILES string of the molecule is COC(=O)[C@H](NC(=O)CO/N=C1\C=C2CC[C@H]3[C@@H]4CC[C@H](C(C)=O)[C@@]4(C)CC[C@@H]3[C@@]2(C)CC1)c1ccccc1. The molecule has 1 aromatic carbocycles. The van der Waals surface area contributed by atoms with Crippen molar-refractivity contribution in [3.8, 4) is 0 Å². The van der Waals surface area contributed by atoms with Gasteiger partial charge in [-0.25, -0.2) is 4.79 Å². The van der Waals surface area contributed by atoms with Crippen molar-refractivity contribution in [3.05, 3.63) is 47.5 Å². The van der Waals surface area contributed by atoms with Crippen LogP contribution in [0.4, 0.5) is 0 Å². The number of rotatable bonds is 7. The number of fused-ring (bicyclic) bond motifs is 5. The van der Waals surface area contributed by atoms with E-state index in [1.165, 1.54) is 31.9 Å². The molecule has 0 unspecified atom stereocenters. The van der Waals surface area contributed by atoms with Gasteiger partial charge in [-0.15, -0.1) is 0 Å². The number of ether oxygens (including phenoxy) is 1. The van der Waals surface area contributed by atoms with Gasteiger partial charge in [0.25, 0.3) is 5.91 Å². The number of hydrogen-bond donors (Lipinski definition) is 1. The Kier molecular flexibility index (Phi) is 7.71. The number of oxime groups is 1. The third kappa shape index (κ3) is 5.05. The highest BCUT2D eigenvalue weighted by Crippen LogP contribution is 2.66. The van der Waals surface area contributed by atoms with Crippen molar-refractivity contribution in [1.82, 2.24) is 5.32 Å². The fourth-order valence-corrected chi connectivity index (χ4v) is 8.73. The number of nitrogens with one attached hydrogen (secondary N) is 1. The van der Waals surface area contributed by atoms with E-state index in [9.17, 15) is 14.4 Å². The van der Waals surface area contributed by atoms with Crippen LogP contribution in [0.1, 0.15) is 83.7 Å². The number of methoxy groups -OCH3 is 1. The molecule has 5 rings (SSSR count). The lowest BCUT2D eigenvalue weighted by molar-refractivity contribution is -0.145. The smallest absolute Gasteiger partial charge is 0.333 e. The summed E-state index contributed by atoms with van der Waals surface area (Å²) < 4.78 is 4.86. The summed E-state index contributed by atoms with van der Waals surface area (Å²) in [5.74, 6) is 1.66. The molecule has 4 aliphatic rings. The third-order valence-corrected chi connectivity index (χ3v) is 10.7. The van der Waals surface area contributed by atoms with Gasteiger partial charge in [0.05, 0.1) is 12.8 Å². The van der Waals surface area contributed by atoms with Gasteiger partial charge in [-0.3, -0.25) is 9.59 Å². The second-order valence-corrected chi connectivity index (χ2v) is 12.6. The van der Waals surface area contributed by atoms with Gasteiger partial charge in [0.2, 0.25) is 0 Å². The first-order chi connectivity index (χ1) is 18.7.